The highest BCUT2D eigenvalue weighted by Gasteiger charge is 2.07. The van der Waals surface area contributed by atoms with Gasteiger partial charge in [-0.25, -0.2) is 8.42 Å². The van der Waals surface area contributed by atoms with Gasteiger partial charge in [-0.1, -0.05) is 4.89 Å². The Labute approximate surface area is 71.9 Å². The molecule has 1 N–H and O–H groups in total. The van der Waals surface area contributed by atoms with Crippen LogP contribution in [0.25, 0.3) is 0 Å². The van der Waals surface area contributed by atoms with Crippen molar-refractivity contribution < 1.29 is 13.3 Å². The van der Waals surface area contributed by atoms with Crippen molar-refractivity contribution >= 4 is 21.6 Å². The Balaban J connectivity index is 3.63. The van der Waals surface area contributed by atoms with Gasteiger partial charge in [0, 0.05) is 5.88 Å². The summed E-state index contributed by atoms with van der Waals surface area (Å²) in [5.41, 5.74) is 0. The molecule has 0 aliphatic carbocycles. The lowest BCUT2D eigenvalue weighted by Crippen LogP contribution is -2.26. The van der Waals surface area contributed by atoms with E-state index in [2.05, 4.69) is 4.84 Å². The first kappa shape index (κ1) is 11.2. The molecule has 11 heavy (non-hydrogen) atoms. The van der Waals surface area contributed by atoms with E-state index >= 15 is 0 Å². The number of nitrogens with one attached hydrogen (secondary N) is 1. The van der Waals surface area contributed by atoms with E-state index in [9.17, 15) is 8.42 Å². The third kappa shape index (κ3) is 6.55. The molecular formula is C5H12ClNO3S. The van der Waals surface area contributed by atoms with E-state index < -0.39 is 10.0 Å². The van der Waals surface area contributed by atoms with Crippen molar-refractivity contribution in [3.8, 4) is 0 Å². The second-order valence-corrected chi connectivity index (χ2v) is 4.06. The van der Waals surface area contributed by atoms with Gasteiger partial charge >= 0.3 is 0 Å². The zero-order valence-electron chi connectivity index (χ0n) is 6.34. The molecule has 0 aromatic rings. The van der Waals surface area contributed by atoms with E-state index in [1.807, 2.05) is 4.89 Å². The average Bonchev–Trinajstić information content (AvgIpc) is 1.97. The number of hydrogen-bond acceptors (Lipinski definition) is 3. The number of sulfonamides is 1. The molecule has 0 aliphatic heterocycles. The Morgan fingerprint density at radius 3 is 2.64 bits per heavy atom. The van der Waals surface area contributed by atoms with Crippen LogP contribution in [0.15, 0.2) is 0 Å². The molecule has 0 atom stereocenters. The lowest BCUT2D eigenvalue weighted by molar-refractivity contribution is 0.105. The lowest BCUT2D eigenvalue weighted by Gasteiger charge is -2.03. The van der Waals surface area contributed by atoms with E-state index in [-0.39, 0.29) is 5.75 Å². The van der Waals surface area contributed by atoms with Crippen molar-refractivity contribution in [1.82, 2.24) is 4.89 Å². The fourth-order valence-corrected chi connectivity index (χ4v) is 1.63. The molecule has 68 valence electrons. The van der Waals surface area contributed by atoms with E-state index in [1.165, 1.54) is 0 Å². The van der Waals surface area contributed by atoms with E-state index in [4.69, 9.17) is 11.6 Å². The molecule has 6 heteroatoms. The van der Waals surface area contributed by atoms with Crippen LogP contribution in [0.2, 0.25) is 0 Å². The quantitative estimate of drug-likeness (QED) is 0.503. The second-order valence-electron chi connectivity index (χ2n) is 1.88. The number of hydrogen-bond donors (Lipinski definition) is 1. The molecule has 0 heterocycles. The third-order valence-corrected chi connectivity index (χ3v) is 2.34. The van der Waals surface area contributed by atoms with Crippen molar-refractivity contribution in [1.29, 1.82) is 0 Å². The van der Waals surface area contributed by atoms with Crippen LogP contribution in [0.4, 0.5) is 0 Å². The molecule has 0 aromatic heterocycles. The first-order valence-electron chi connectivity index (χ1n) is 3.29. The summed E-state index contributed by atoms with van der Waals surface area (Å²) in [5.74, 6) is 0.351. The molecule has 0 saturated carbocycles. The minimum absolute atomic E-state index is 0.0104. The summed E-state index contributed by atoms with van der Waals surface area (Å²) in [4.78, 5) is 6.47. The minimum Gasteiger partial charge on any atom is -0.287 e. The largest absolute Gasteiger partial charge is 0.287 e. The van der Waals surface area contributed by atoms with Crippen LogP contribution < -0.4 is 4.89 Å². The first-order valence-corrected chi connectivity index (χ1v) is 5.48. The fraction of sp³-hybridized carbons (Fsp3) is 1.00. The highest BCUT2D eigenvalue weighted by Crippen LogP contribution is 1.91. The predicted octanol–water partition coefficient (Wildman–Crippen LogP) is 0.486. The van der Waals surface area contributed by atoms with Crippen molar-refractivity contribution in [2.24, 2.45) is 0 Å². The van der Waals surface area contributed by atoms with Gasteiger partial charge < -0.3 is 0 Å². The zero-order valence-corrected chi connectivity index (χ0v) is 7.91. The number of halogens is 1. The topological polar surface area (TPSA) is 55.4 Å². The third-order valence-electron chi connectivity index (χ3n) is 0.877. The highest BCUT2D eigenvalue weighted by atomic mass is 35.5. The van der Waals surface area contributed by atoms with Crippen LogP contribution >= 0.6 is 11.6 Å². The van der Waals surface area contributed by atoms with Crippen LogP contribution in [-0.2, 0) is 14.9 Å². The van der Waals surface area contributed by atoms with E-state index in [0.29, 0.717) is 18.9 Å². The molecule has 0 spiro atoms. The van der Waals surface area contributed by atoms with Crippen LogP contribution in [0.5, 0.6) is 0 Å². The van der Waals surface area contributed by atoms with Gasteiger partial charge in [-0.15, -0.1) is 11.6 Å². The summed E-state index contributed by atoms with van der Waals surface area (Å²) in [7, 11) is -3.26. The smallest absolute Gasteiger partial charge is 0.233 e. The molecule has 0 unspecified atom stereocenters. The number of rotatable bonds is 6. The van der Waals surface area contributed by atoms with Gasteiger partial charge in [0.15, 0.2) is 0 Å². The van der Waals surface area contributed by atoms with Gasteiger partial charge in [-0.2, -0.15) is 0 Å². The molecule has 0 aromatic carbocycles. The fourth-order valence-electron chi connectivity index (χ4n) is 0.435. The standard InChI is InChI=1S/C5H12ClNO3S/c1-2-10-7-11(8,9)5-3-4-6/h7H,2-5H2,1H3. The molecule has 0 amide bonds. The highest BCUT2D eigenvalue weighted by molar-refractivity contribution is 7.89. The maximum atomic E-state index is 10.9. The van der Waals surface area contributed by atoms with Crippen LogP contribution in [0, 0.1) is 0 Å². The van der Waals surface area contributed by atoms with E-state index in [1.54, 1.807) is 6.92 Å². The van der Waals surface area contributed by atoms with Gasteiger partial charge in [0.25, 0.3) is 0 Å². The van der Waals surface area contributed by atoms with Crippen molar-refractivity contribution in [2.45, 2.75) is 13.3 Å². The SMILES string of the molecule is CCONS(=O)(=O)CCCCl. The Kier molecular flexibility index (Phi) is 5.85. The van der Waals surface area contributed by atoms with Crippen LogP contribution in [0.3, 0.4) is 0 Å². The predicted molar refractivity (Wildman–Crippen MR) is 43.9 cm³/mol. The molecule has 0 fully saturated rings. The molecule has 0 radical (unpaired) electrons. The minimum atomic E-state index is -3.26. The zero-order chi connectivity index (χ0) is 8.74. The monoisotopic (exact) mass is 201 g/mol. The lowest BCUT2D eigenvalue weighted by atomic mass is 10.6. The maximum Gasteiger partial charge on any atom is 0.233 e. The summed E-state index contributed by atoms with van der Waals surface area (Å²) in [6.45, 7) is 2.02. The Morgan fingerprint density at radius 1 is 1.55 bits per heavy atom. The number of alkyl halides is 1. The molecule has 4 nitrogen and oxygen atoms in total. The summed E-state index contributed by atoms with van der Waals surface area (Å²) < 4.78 is 21.7. The van der Waals surface area contributed by atoms with Crippen LogP contribution in [0.1, 0.15) is 13.3 Å². The van der Waals surface area contributed by atoms with Gasteiger partial charge in [0.1, 0.15) is 0 Å². The normalized spacial score (nSPS) is 11.8. The Hall–Kier alpha value is 0.160. The van der Waals surface area contributed by atoms with Crippen LogP contribution in [-0.4, -0.2) is 26.7 Å². The van der Waals surface area contributed by atoms with E-state index in [0.717, 1.165) is 0 Å². The molecular weight excluding hydrogens is 190 g/mol. The molecule has 0 rings (SSSR count). The summed E-state index contributed by atoms with van der Waals surface area (Å²) in [6.07, 6.45) is 0.434. The molecule has 0 saturated heterocycles. The van der Waals surface area contributed by atoms with Crippen molar-refractivity contribution in [3.63, 3.8) is 0 Å². The summed E-state index contributed by atoms with van der Waals surface area (Å²) in [5, 5.41) is 0. The Bertz CT molecular complexity index is 166. The summed E-state index contributed by atoms with van der Waals surface area (Å²) >= 11 is 5.31. The molecule has 0 bridgehead atoms. The molecule has 0 aliphatic rings. The summed E-state index contributed by atoms with van der Waals surface area (Å²) in [6, 6.07) is 0. The van der Waals surface area contributed by atoms with Crippen molar-refractivity contribution in [3.05, 3.63) is 0 Å². The second kappa shape index (κ2) is 5.77. The van der Waals surface area contributed by atoms with Gasteiger partial charge in [0.2, 0.25) is 10.0 Å². The van der Waals surface area contributed by atoms with Crippen molar-refractivity contribution in [2.75, 3.05) is 18.2 Å². The Morgan fingerprint density at radius 2 is 2.18 bits per heavy atom. The average molecular weight is 202 g/mol. The first-order chi connectivity index (χ1) is 5.12. The maximum absolute atomic E-state index is 10.9. The van der Waals surface area contributed by atoms with Gasteiger partial charge in [-0.3, -0.25) is 4.84 Å². The van der Waals surface area contributed by atoms with Gasteiger partial charge in [0.05, 0.1) is 12.4 Å². The van der Waals surface area contributed by atoms with Gasteiger partial charge in [-0.05, 0) is 13.3 Å².